The number of rotatable bonds is 5. The molecule has 1 aromatic carbocycles. The summed E-state index contributed by atoms with van der Waals surface area (Å²) >= 11 is 0. The van der Waals surface area contributed by atoms with Crippen LogP contribution in [0.5, 0.6) is 6.01 Å². The quantitative estimate of drug-likeness (QED) is 0.829. The molecule has 0 unspecified atom stereocenters. The van der Waals surface area contributed by atoms with Crippen molar-refractivity contribution in [1.29, 1.82) is 0 Å². The lowest BCUT2D eigenvalue weighted by Gasteiger charge is -2.07. The maximum Gasteiger partial charge on any atom is 0.323 e. The van der Waals surface area contributed by atoms with E-state index in [0.29, 0.717) is 19.1 Å². The second-order valence-electron chi connectivity index (χ2n) is 3.57. The van der Waals surface area contributed by atoms with E-state index in [2.05, 4.69) is 20.3 Å². The number of anilines is 2. The third-order valence-electron chi connectivity index (χ3n) is 2.20. The molecule has 0 spiro atoms. The predicted octanol–water partition coefficient (Wildman–Crippen LogP) is 1.46. The molecule has 0 aliphatic rings. The lowest BCUT2D eigenvalue weighted by atomic mass is 10.2. The van der Waals surface area contributed by atoms with E-state index < -0.39 is 0 Å². The Bertz CT molecular complexity index is 503. The van der Waals surface area contributed by atoms with Crippen LogP contribution in [0.4, 0.5) is 11.9 Å². The minimum absolute atomic E-state index is 0.143. The minimum atomic E-state index is 0.143. The Hall–Kier alpha value is -2.37. The Morgan fingerprint density at radius 1 is 1.17 bits per heavy atom. The van der Waals surface area contributed by atoms with Gasteiger partial charge in [0.2, 0.25) is 11.9 Å². The fourth-order valence-corrected chi connectivity index (χ4v) is 1.42. The number of nitrogens with two attached hydrogens (primary N) is 1. The Morgan fingerprint density at radius 2 is 1.94 bits per heavy atom. The van der Waals surface area contributed by atoms with Gasteiger partial charge < -0.3 is 15.8 Å². The van der Waals surface area contributed by atoms with E-state index in [4.69, 9.17) is 10.5 Å². The number of hydrogen-bond acceptors (Lipinski definition) is 6. The zero-order chi connectivity index (χ0) is 12.8. The normalized spacial score (nSPS) is 10.1. The smallest absolute Gasteiger partial charge is 0.323 e. The maximum absolute atomic E-state index is 5.58. The van der Waals surface area contributed by atoms with Crippen LogP contribution in [0, 0.1) is 0 Å². The van der Waals surface area contributed by atoms with Gasteiger partial charge in [-0.1, -0.05) is 30.3 Å². The van der Waals surface area contributed by atoms with Crippen LogP contribution in [0.2, 0.25) is 0 Å². The van der Waals surface area contributed by atoms with E-state index in [1.165, 1.54) is 0 Å². The maximum atomic E-state index is 5.58. The van der Waals surface area contributed by atoms with Gasteiger partial charge in [-0.15, -0.1) is 0 Å². The van der Waals surface area contributed by atoms with Crippen LogP contribution in [0.15, 0.2) is 30.3 Å². The second-order valence-corrected chi connectivity index (χ2v) is 3.57. The summed E-state index contributed by atoms with van der Waals surface area (Å²) in [7, 11) is 0. The van der Waals surface area contributed by atoms with Gasteiger partial charge in [0.25, 0.3) is 0 Å². The molecular formula is C12H15N5O. The average molecular weight is 245 g/mol. The summed E-state index contributed by atoms with van der Waals surface area (Å²) in [6, 6.07) is 10.2. The van der Waals surface area contributed by atoms with Crippen molar-refractivity contribution in [3.8, 4) is 6.01 Å². The third-order valence-corrected chi connectivity index (χ3v) is 2.20. The Kier molecular flexibility index (Phi) is 3.90. The number of nitrogen functional groups attached to an aromatic ring is 1. The first kappa shape index (κ1) is 12.1. The van der Waals surface area contributed by atoms with Crippen molar-refractivity contribution in [3.05, 3.63) is 35.9 Å². The van der Waals surface area contributed by atoms with Gasteiger partial charge in [-0.2, -0.15) is 15.0 Å². The molecule has 6 nitrogen and oxygen atoms in total. The molecule has 1 aromatic heterocycles. The SMILES string of the molecule is CCOc1nc(N)nc(NCc2ccccc2)n1. The van der Waals surface area contributed by atoms with Gasteiger partial charge in [-0.3, -0.25) is 0 Å². The molecule has 0 aliphatic heterocycles. The van der Waals surface area contributed by atoms with Gasteiger partial charge in [0.1, 0.15) is 0 Å². The van der Waals surface area contributed by atoms with Crippen LogP contribution >= 0.6 is 0 Å². The topological polar surface area (TPSA) is 86.0 Å². The molecule has 1 heterocycles. The summed E-state index contributed by atoms with van der Waals surface area (Å²) in [4.78, 5) is 12.0. The van der Waals surface area contributed by atoms with Crippen molar-refractivity contribution in [2.45, 2.75) is 13.5 Å². The van der Waals surface area contributed by atoms with Crippen LogP contribution in [-0.4, -0.2) is 21.6 Å². The molecule has 94 valence electrons. The predicted molar refractivity (Wildman–Crippen MR) is 69.2 cm³/mol. The minimum Gasteiger partial charge on any atom is -0.464 e. The summed E-state index contributed by atoms with van der Waals surface area (Å²) in [5, 5.41) is 3.08. The van der Waals surface area contributed by atoms with Gasteiger partial charge in [-0.05, 0) is 12.5 Å². The molecular weight excluding hydrogens is 230 g/mol. The Balaban J connectivity index is 2.05. The van der Waals surface area contributed by atoms with Crippen molar-refractivity contribution in [2.75, 3.05) is 17.7 Å². The number of aromatic nitrogens is 3. The van der Waals surface area contributed by atoms with Crippen molar-refractivity contribution >= 4 is 11.9 Å². The highest BCUT2D eigenvalue weighted by molar-refractivity contribution is 5.33. The van der Waals surface area contributed by atoms with Crippen molar-refractivity contribution in [1.82, 2.24) is 15.0 Å². The number of hydrogen-bond donors (Lipinski definition) is 2. The Labute approximate surface area is 105 Å². The van der Waals surface area contributed by atoms with Crippen LogP contribution in [-0.2, 0) is 6.54 Å². The largest absolute Gasteiger partial charge is 0.464 e. The van der Waals surface area contributed by atoms with Gasteiger partial charge in [0, 0.05) is 6.54 Å². The van der Waals surface area contributed by atoms with Crippen LogP contribution in [0.25, 0.3) is 0 Å². The first-order chi connectivity index (χ1) is 8.78. The van der Waals surface area contributed by atoms with E-state index in [1.54, 1.807) is 0 Å². The summed E-state index contributed by atoms with van der Waals surface area (Å²) in [5.74, 6) is 0.554. The monoisotopic (exact) mass is 245 g/mol. The highest BCUT2D eigenvalue weighted by Crippen LogP contribution is 2.10. The second kappa shape index (κ2) is 5.81. The first-order valence-electron chi connectivity index (χ1n) is 5.70. The molecule has 6 heteroatoms. The molecule has 0 saturated heterocycles. The average Bonchev–Trinajstić information content (AvgIpc) is 2.37. The lowest BCUT2D eigenvalue weighted by Crippen LogP contribution is -2.09. The summed E-state index contributed by atoms with van der Waals surface area (Å²) < 4.78 is 5.20. The van der Waals surface area contributed by atoms with Crippen LogP contribution in [0.1, 0.15) is 12.5 Å². The van der Waals surface area contributed by atoms with Gasteiger partial charge in [0.05, 0.1) is 6.61 Å². The molecule has 2 aromatic rings. The first-order valence-corrected chi connectivity index (χ1v) is 5.70. The zero-order valence-electron chi connectivity index (χ0n) is 10.1. The molecule has 18 heavy (non-hydrogen) atoms. The summed E-state index contributed by atoms with van der Waals surface area (Å²) in [6.45, 7) is 2.97. The summed E-state index contributed by atoms with van der Waals surface area (Å²) in [5.41, 5.74) is 6.71. The van der Waals surface area contributed by atoms with Gasteiger partial charge >= 0.3 is 6.01 Å². The van der Waals surface area contributed by atoms with Crippen LogP contribution in [0.3, 0.4) is 0 Å². The van der Waals surface area contributed by atoms with Gasteiger partial charge in [0.15, 0.2) is 0 Å². The lowest BCUT2D eigenvalue weighted by molar-refractivity contribution is 0.312. The summed E-state index contributed by atoms with van der Waals surface area (Å²) in [6.07, 6.45) is 0. The van der Waals surface area contributed by atoms with E-state index in [9.17, 15) is 0 Å². The van der Waals surface area contributed by atoms with Crippen molar-refractivity contribution in [2.24, 2.45) is 0 Å². The number of nitrogens with one attached hydrogen (secondary N) is 1. The fraction of sp³-hybridized carbons (Fsp3) is 0.250. The number of nitrogens with zero attached hydrogens (tertiary/aromatic N) is 3. The number of benzene rings is 1. The van der Waals surface area contributed by atoms with E-state index in [1.807, 2.05) is 37.3 Å². The van der Waals surface area contributed by atoms with Gasteiger partial charge in [-0.25, -0.2) is 0 Å². The van der Waals surface area contributed by atoms with Crippen LogP contribution < -0.4 is 15.8 Å². The van der Waals surface area contributed by atoms with E-state index >= 15 is 0 Å². The molecule has 0 bridgehead atoms. The highest BCUT2D eigenvalue weighted by atomic mass is 16.5. The molecule has 0 saturated carbocycles. The molecule has 0 fully saturated rings. The van der Waals surface area contributed by atoms with Crippen molar-refractivity contribution < 1.29 is 4.74 Å². The van der Waals surface area contributed by atoms with E-state index in [-0.39, 0.29) is 12.0 Å². The Morgan fingerprint density at radius 3 is 2.67 bits per heavy atom. The number of ether oxygens (including phenoxy) is 1. The molecule has 0 atom stereocenters. The molecule has 3 N–H and O–H groups in total. The zero-order valence-corrected chi connectivity index (χ0v) is 10.1. The molecule has 0 amide bonds. The van der Waals surface area contributed by atoms with Crippen molar-refractivity contribution in [3.63, 3.8) is 0 Å². The van der Waals surface area contributed by atoms with E-state index in [0.717, 1.165) is 5.56 Å². The molecule has 0 radical (unpaired) electrons. The third kappa shape index (κ3) is 3.31. The fourth-order valence-electron chi connectivity index (χ4n) is 1.42. The standard InChI is InChI=1S/C12H15N5O/c1-2-18-12-16-10(13)15-11(17-12)14-8-9-6-4-3-5-7-9/h3-7H,2,8H2,1H3,(H3,13,14,15,16,17). The highest BCUT2D eigenvalue weighted by Gasteiger charge is 2.04. The molecule has 0 aliphatic carbocycles. The molecule has 2 rings (SSSR count).